The zero-order valence-corrected chi connectivity index (χ0v) is 14.8. The van der Waals surface area contributed by atoms with Crippen LogP contribution < -0.4 is 15.4 Å². The van der Waals surface area contributed by atoms with E-state index in [0.717, 1.165) is 16.9 Å². The first-order valence-corrected chi connectivity index (χ1v) is 8.64. The molecule has 0 bridgehead atoms. The SMILES string of the molecule is COc1ccc(CNC2CNC(=O)c3cc(-c4ccc(F)cc4)nn32)cc1. The Labute approximate surface area is 156 Å². The van der Waals surface area contributed by atoms with Crippen molar-refractivity contribution in [2.24, 2.45) is 0 Å². The van der Waals surface area contributed by atoms with E-state index in [1.165, 1.54) is 12.1 Å². The third-order valence-corrected chi connectivity index (χ3v) is 4.56. The van der Waals surface area contributed by atoms with Crippen LogP contribution in [0.1, 0.15) is 22.2 Å². The summed E-state index contributed by atoms with van der Waals surface area (Å²) >= 11 is 0. The monoisotopic (exact) mass is 366 g/mol. The van der Waals surface area contributed by atoms with E-state index in [0.29, 0.717) is 24.5 Å². The molecule has 2 heterocycles. The van der Waals surface area contributed by atoms with Crippen LogP contribution in [0.25, 0.3) is 11.3 Å². The van der Waals surface area contributed by atoms with E-state index in [9.17, 15) is 9.18 Å². The minimum Gasteiger partial charge on any atom is -0.497 e. The number of fused-ring (bicyclic) bond motifs is 1. The molecule has 2 N–H and O–H groups in total. The molecule has 0 radical (unpaired) electrons. The number of hydrogen-bond acceptors (Lipinski definition) is 4. The molecule has 1 unspecified atom stereocenters. The third-order valence-electron chi connectivity index (χ3n) is 4.56. The van der Waals surface area contributed by atoms with Crippen LogP contribution in [0, 0.1) is 5.82 Å². The van der Waals surface area contributed by atoms with Crippen LogP contribution in [-0.4, -0.2) is 29.3 Å². The van der Waals surface area contributed by atoms with E-state index in [-0.39, 0.29) is 17.9 Å². The molecule has 0 saturated carbocycles. The maximum atomic E-state index is 13.2. The lowest BCUT2D eigenvalue weighted by Crippen LogP contribution is -2.45. The summed E-state index contributed by atoms with van der Waals surface area (Å²) < 4.78 is 20.0. The van der Waals surface area contributed by atoms with Crippen LogP contribution in [0.2, 0.25) is 0 Å². The van der Waals surface area contributed by atoms with Crippen LogP contribution in [0.5, 0.6) is 5.75 Å². The second-order valence-electron chi connectivity index (χ2n) is 6.32. The highest BCUT2D eigenvalue weighted by atomic mass is 19.1. The first-order chi connectivity index (χ1) is 13.1. The standard InChI is InChI=1S/C20H19FN4O2/c1-27-16-8-2-13(3-9-16)11-22-19-12-23-20(26)18-10-17(24-25(18)19)14-4-6-15(21)7-5-14/h2-10,19,22H,11-12H2,1H3,(H,23,26). The van der Waals surface area contributed by atoms with Gasteiger partial charge in [0.2, 0.25) is 0 Å². The predicted octanol–water partition coefficient (Wildman–Crippen LogP) is 2.73. The van der Waals surface area contributed by atoms with Crippen molar-refractivity contribution in [3.63, 3.8) is 0 Å². The molecule has 1 atom stereocenters. The number of aromatic nitrogens is 2. The fourth-order valence-corrected chi connectivity index (χ4v) is 3.07. The van der Waals surface area contributed by atoms with Crippen molar-refractivity contribution in [2.75, 3.05) is 13.7 Å². The first-order valence-electron chi connectivity index (χ1n) is 8.64. The Kier molecular flexibility index (Phi) is 4.60. The Balaban J connectivity index is 1.55. The highest BCUT2D eigenvalue weighted by Gasteiger charge is 2.27. The molecule has 0 fully saturated rings. The Morgan fingerprint density at radius 1 is 1.22 bits per heavy atom. The molecule has 0 saturated heterocycles. The molecule has 0 aliphatic carbocycles. The Morgan fingerprint density at radius 2 is 1.96 bits per heavy atom. The van der Waals surface area contributed by atoms with Gasteiger partial charge in [0.1, 0.15) is 23.4 Å². The second kappa shape index (κ2) is 7.20. The number of benzene rings is 2. The van der Waals surface area contributed by atoms with Gasteiger partial charge in [-0.25, -0.2) is 9.07 Å². The zero-order valence-electron chi connectivity index (χ0n) is 14.8. The van der Waals surface area contributed by atoms with Crippen molar-refractivity contribution in [2.45, 2.75) is 12.7 Å². The largest absolute Gasteiger partial charge is 0.497 e. The number of carbonyl (C=O) groups excluding carboxylic acids is 1. The number of rotatable bonds is 5. The molecule has 6 nitrogen and oxygen atoms in total. The molecule has 1 aliphatic heterocycles. The van der Waals surface area contributed by atoms with Crippen LogP contribution in [0.15, 0.2) is 54.6 Å². The van der Waals surface area contributed by atoms with Crippen LogP contribution in [0.4, 0.5) is 4.39 Å². The summed E-state index contributed by atoms with van der Waals surface area (Å²) in [4.78, 5) is 12.2. The van der Waals surface area contributed by atoms with Crippen molar-refractivity contribution >= 4 is 5.91 Å². The number of carbonyl (C=O) groups is 1. The van der Waals surface area contributed by atoms with Crippen molar-refractivity contribution < 1.29 is 13.9 Å². The number of amides is 1. The zero-order chi connectivity index (χ0) is 18.8. The Bertz CT molecular complexity index is 951. The highest BCUT2D eigenvalue weighted by Crippen LogP contribution is 2.23. The normalized spacial score (nSPS) is 15.9. The van der Waals surface area contributed by atoms with Gasteiger partial charge in [0.15, 0.2) is 0 Å². The number of methoxy groups -OCH3 is 1. The summed E-state index contributed by atoms with van der Waals surface area (Å²) in [6, 6.07) is 15.6. The van der Waals surface area contributed by atoms with E-state index >= 15 is 0 Å². The minimum atomic E-state index is -0.306. The second-order valence-corrected chi connectivity index (χ2v) is 6.32. The maximum Gasteiger partial charge on any atom is 0.269 e. The third kappa shape index (κ3) is 3.54. The van der Waals surface area contributed by atoms with E-state index in [1.54, 1.807) is 30.0 Å². The van der Waals surface area contributed by atoms with Gasteiger partial charge in [0.05, 0.1) is 19.3 Å². The Hall–Kier alpha value is -3.19. The van der Waals surface area contributed by atoms with E-state index in [2.05, 4.69) is 15.7 Å². The van der Waals surface area contributed by atoms with Gasteiger partial charge in [-0.2, -0.15) is 5.10 Å². The van der Waals surface area contributed by atoms with Gasteiger partial charge in [-0.05, 0) is 48.0 Å². The lowest BCUT2D eigenvalue weighted by Gasteiger charge is -2.25. The molecule has 4 rings (SSSR count). The van der Waals surface area contributed by atoms with E-state index in [1.807, 2.05) is 24.3 Å². The van der Waals surface area contributed by atoms with Crippen LogP contribution in [-0.2, 0) is 6.54 Å². The highest BCUT2D eigenvalue weighted by molar-refractivity contribution is 5.94. The van der Waals surface area contributed by atoms with Gasteiger partial charge in [0, 0.05) is 12.1 Å². The van der Waals surface area contributed by atoms with Crippen molar-refractivity contribution in [1.82, 2.24) is 20.4 Å². The van der Waals surface area contributed by atoms with Gasteiger partial charge in [-0.15, -0.1) is 0 Å². The number of nitrogens with zero attached hydrogens (tertiary/aromatic N) is 2. The molecule has 0 spiro atoms. The van der Waals surface area contributed by atoms with E-state index in [4.69, 9.17) is 4.74 Å². The topological polar surface area (TPSA) is 68.2 Å². The lowest BCUT2D eigenvalue weighted by atomic mass is 10.1. The van der Waals surface area contributed by atoms with Gasteiger partial charge in [-0.1, -0.05) is 12.1 Å². The van der Waals surface area contributed by atoms with Gasteiger partial charge >= 0.3 is 0 Å². The fourth-order valence-electron chi connectivity index (χ4n) is 3.07. The minimum absolute atomic E-state index is 0.168. The summed E-state index contributed by atoms with van der Waals surface area (Å²) in [5.41, 5.74) is 2.98. The molecule has 1 aliphatic rings. The molecule has 138 valence electrons. The summed E-state index contributed by atoms with van der Waals surface area (Å²) in [5, 5.41) is 10.9. The fraction of sp³-hybridized carbons (Fsp3) is 0.200. The summed E-state index contributed by atoms with van der Waals surface area (Å²) in [5.74, 6) is 0.333. The number of hydrogen-bond donors (Lipinski definition) is 2. The molecule has 7 heteroatoms. The lowest BCUT2D eigenvalue weighted by molar-refractivity contribution is 0.0900. The molecule has 1 aromatic heterocycles. The summed E-state index contributed by atoms with van der Waals surface area (Å²) in [7, 11) is 1.63. The number of nitrogens with one attached hydrogen (secondary N) is 2. The van der Waals surface area contributed by atoms with Crippen molar-refractivity contribution in [3.05, 3.63) is 71.7 Å². The quantitative estimate of drug-likeness (QED) is 0.729. The molecular formula is C20H19FN4O2. The van der Waals surface area contributed by atoms with Gasteiger partial charge in [0.25, 0.3) is 5.91 Å². The predicted molar refractivity (Wildman–Crippen MR) is 98.8 cm³/mol. The summed E-state index contributed by atoms with van der Waals surface area (Å²) in [6.45, 7) is 1.06. The van der Waals surface area contributed by atoms with E-state index < -0.39 is 0 Å². The smallest absolute Gasteiger partial charge is 0.269 e. The maximum absolute atomic E-state index is 13.2. The van der Waals surface area contributed by atoms with Crippen molar-refractivity contribution in [3.8, 4) is 17.0 Å². The molecule has 1 amide bonds. The number of ether oxygens (including phenoxy) is 1. The van der Waals surface area contributed by atoms with Crippen molar-refractivity contribution in [1.29, 1.82) is 0 Å². The average Bonchev–Trinajstić information content (AvgIpc) is 3.15. The van der Waals surface area contributed by atoms with Crippen LogP contribution >= 0.6 is 0 Å². The summed E-state index contributed by atoms with van der Waals surface area (Å²) in [6.07, 6.45) is -0.172. The van der Waals surface area contributed by atoms with Gasteiger partial charge < -0.3 is 10.1 Å². The molecule has 3 aromatic rings. The van der Waals surface area contributed by atoms with Gasteiger partial charge in [-0.3, -0.25) is 10.1 Å². The number of halogens is 1. The molecular weight excluding hydrogens is 347 g/mol. The average molecular weight is 366 g/mol. The Morgan fingerprint density at radius 3 is 2.67 bits per heavy atom. The van der Waals surface area contributed by atoms with Crippen LogP contribution in [0.3, 0.4) is 0 Å². The first kappa shape index (κ1) is 17.2. The molecule has 2 aromatic carbocycles. The molecule has 27 heavy (non-hydrogen) atoms.